The number of hydrogen-bond acceptors (Lipinski definition) is 2. The van der Waals surface area contributed by atoms with Crippen molar-refractivity contribution in [3.05, 3.63) is 22.7 Å². The molecule has 18 heavy (non-hydrogen) atoms. The highest BCUT2D eigenvalue weighted by molar-refractivity contribution is 6.33. The second kappa shape index (κ2) is 3.89. The topological polar surface area (TPSA) is 41.1 Å². The van der Waals surface area contributed by atoms with Crippen LogP contribution in [0.3, 0.4) is 0 Å². The summed E-state index contributed by atoms with van der Waals surface area (Å²) >= 11 is 6.26. The number of carbonyl (C=O) groups excluding carboxylic acids is 1. The molecule has 0 saturated heterocycles. The number of benzene rings is 1. The lowest BCUT2D eigenvalue weighted by molar-refractivity contribution is -0.115. The maximum absolute atomic E-state index is 11.3. The fourth-order valence-electron chi connectivity index (χ4n) is 2.40. The van der Waals surface area contributed by atoms with Gasteiger partial charge in [-0.1, -0.05) is 18.5 Å². The number of fused-ring (bicyclic) bond motifs is 1. The lowest BCUT2D eigenvalue weighted by atomic mass is 10.0. The van der Waals surface area contributed by atoms with Crippen LogP contribution in [0.4, 0.5) is 11.4 Å². The van der Waals surface area contributed by atoms with E-state index in [-0.39, 0.29) is 5.91 Å². The zero-order chi connectivity index (χ0) is 12.9. The third kappa shape index (κ3) is 1.97. The molecule has 1 aliphatic heterocycles. The Morgan fingerprint density at radius 3 is 2.83 bits per heavy atom. The summed E-state index contributed by atoms with van der Waals surface area (Å²) in [6, 6.07) is 4.24. The van der Waals surface area contributed by atoms with Gasteiger partial charge in [-0.3, -0.25) is 4.79 Å². The van der Waals surface area contributed by atoms with Gasteiger partial charge in [-0.2, -0.15) is 0 Å². The fourth-order valence-corrected chi connectivity index (χ4v) is 2.61. The van der Waals surface area contributed by atoms with E-state index < -0.39 is 0 Å². The minimum atomic E-state index is 0.0421. The van der Waals surface area contributed by atoms with Crippen LogP contribution in [-0.4, -0.2) is 11.9 Å². The number of amides is 1. The van der Waals surface area contributed by atoms with E-state index in [9.17, 15) is 4.79 Å². The molecule has 3 nitrogen and oxygen atoms in total. The average molecular weight is 265 g/mol. The number of hydrogen-bond donors (Lipinski definition) is 2. The van der Waals surface area contributed by atoms with Gasteiger partial charge in [0.1, 0.15) is 0 Å². The predicted molar refractivity (Wildman–Crippen MR) is 74.2 cm³/mol. The standard InChI is InChI=1S/C14H17ClN2O/c1-8(14(2)3-4-14)16-12-5-9-6-13(18)17-11(9)7-10(12)15/h5,7-8,16H,3-4,6H2,1-2H3,(H,17,18). The third-order valence-corrected chi connectivity index (χ3v) is 4.59. The van der Waals surface area contributed by atoms with E-state index in [4.69, 9.17) is 11.6 Å². The highest BCUT2D eigenvalue weighted by atomic mass is 35.5. The van der Waals surface area contributed by atoms with Gasteiger partial charge < -0.3 is 10.6 Å². The molecule has 0 radical (unpaired) electrons. The summed E-state index contributed by atoms with van der Waals surface area (Å²) < 4.78 is 0. The Morgan fingerprint density at radius 2 is 2.17 bits per heavy atom. The number of rotatable bonds is 3. The molecule has 1 aromatic rings. The summed E-state index contributed by atoms with van der Waals surface area (Å²) in [5.74, 6) is 0.0421. The lowest BCUT2D eigenvalue weighted by Gasteiger charge is -2.22. The quantitative estimate of drug-likeness (QED) is 0.878. The second-order valence-electron chi connectivity index (χ2n) is 5.73. The molecule has 1 atom stereocenters. The van der Waals surface area contributed by atoms with E-state index >= 15 is 0 Å². The normalized spacial score (nSPS) is 21.2. The van der Waals surface area contributed by atoms with E-state index in [1.807, 2.05) is 12.1 Å². The largest absolute Gasteiger partial charge is 0.381 e. The van der Waals surface area contributed by atoms with Crippen molar-refractivity contribution in [2.75, 3.05) is 10.6 Å². The fraction of sp³-hybridized carbons (Fsp3) is 0.500. The Labute approximate surface area is 112 Å². The zero-order valence-electron chi connectivity index (χ0n) is 10.6. The van der Waals surface area contributed by atoms with Crippen LogP contribution in [0.5, 0.6) is 0 Å². The van der Waals surface area contributed by atoms with Gasteiger partial charge in [-0.15, -0.1) is 0 Å². The van der Waals surface area contributed by atoms with Gasteiger partial charge in [-0.05, 0) is 42.9 Å². The van der Waals surface area contributed by atoms with Gasteiger partial charge in [-0.25, -0.2) is 0 Å². The molecule has 1 fully saturated rings. The first-order valence-corrected chi connectivity index (χ1v) is 6.74. The highest BCUT2D eigenvalue weighted by Crippen LogP contribution is 2.49. The van der Waals surface area contributed by atoms with Crippen LogP contribution in [-0.2, 0) is 11.2 Å². The highest BCUT2D eigenvalue weighted by Gasteiger charge is 2.42. The molecule has 3 rings (SSSR count). The number of nitrogens with one attached hydrogen (secondary N) is 2. The first-order chi connectivity index (χ1) is 8.48. The van der Waals surface area contributed by atoms with Gasteiger partial charge in [0.25, 0.3) is 0 Å². The minimum Gasteiger partial charge on any atom is -0.381 e. The molecular formula is C14H17ClN2O. The van der Waals surface area contributed by atoms with Gasteiger partial charge in [0.2, 0.25) is 5.91 Å². The molecule has 1 amide bonds. The van der Waals surface area contributed by atoms with Crippen molar-refractivity contribution in [2.45, 2.75) is 39.2 Å². The van der Waals surface area contributed by atoms with Crippen LogP contribution in [0.25, 0.3) is 0 Å². The smallest absolute Gasteiger partial charge is 0.228 e. The van der Waals surface area contributed by atoms with Crippen molar-refractivity contribution in [3.63, 3.8) is 0 Å². The molecule has 1 aromatic carbocycles. The minimum absolute atomic E-state index is 0.0421. The maximum atomic E-state index is 11.3. The molecule has 0 aromatic heterocycles. The average Bonchev–Trinajstić information content (AvgIpc) is 2.94. The zero-order valence-corrected chi connectivity index (χ0v) is 11.4. The summed E-state index contributed by atoms with van der Waals surface area (Å²) in [5.41, 5.74) is 3.21. The summed E-state index contributed by atoms with van der Waals surface area (Å²) in [6.45, 7) is 4.48. The molecule has 0 bridgehead atoms. The molecule has 1 saturated carbocycles. The first kappa shape index (κ1) is 11.8. The second-order valence-corrected chi connectivity index (χ2v) is 6.14. The lowest BCUT2D eigenvalue weighted by Crippen LogP contribution is -2.25. The van der Waals surface area contributed by atoms with Crippen molar-refractivity contribution in [2.24, 2.45) is 5.41 Å². The molecule has 1 unspecified atom stereocenters. The molecule has 2 N–H and O–H groups in total. The Kier molecular flexibility index (Phi) is 2.56. The van der Waals surface area contributed by atoms with Crippen LogP contribution in [0.15, 0.2) is 12.1 Å². The van der Waals surface area contributed by atoms with Crippen LogP contribution < -0.4 is 10.6 Å². The van der Waals surface area contributed by atoms with Crippen molar-refractivity contribution in [1.82, 2.24) is 0 Å². The van der Waals surface area contributed by atoms with E-state index in [1.165, 1.54) is 12.8 Å². The molecular weight excluding hydrogens is 248 g/mol. The van der Waals surface area contributed by atoms with Crippen LogP contribution in [0, 0.1) is 5.41 Å². The monoisotopic (exact) mass is 264 g/mol. The van der Waals surface area contributed by atoms with Crippen LogP contribution >= 0.6 is 11.6 Å². The molecule has 1 aliphatic carbocycles. The van der Waals surface area contributed by atoms with Gasteiger partial charge in [0.15, 0.2) is 0 Å². The van der Waals surface area contributed by atoms with Crippen molar-refractivity contribution in [1.29, 1.82) is 0 Å². The molecule has 96 valence electrons. The summed E-state index contributed by atoms with van der Waals surface area (Å²) in [5, 5.41) is 6.97. The Morgan fingerprint density at radius 1 is 1.44 bits per heavy atom. The van der Waals surface area contributed by atoms with E-state index in [1.54, 1.807) is 0 Å². The van der Waals surface area contributed by atoms with E-state index in [0.717, 1.165) is 16.9 Å². The van der Waals surface area contributed by atoms with Crippen molar-refractivity contribution in [3.8, 4) is 0 Å². The van der Waals surface area contributed by atoms with Crippen molar-refractivity contribution >= 4 is 28.9 Å². The molecule has 4 heteroatoms. The number of halogens is 1. The number of carbonyl (C=O) groups is 1. The van der Waals surface area contributed by atoms with E-state index in [0.29, 0.717) is 22.9 Å². The van der Waals surface area contributed by atoms with Gasteiger partial charge in [0, 0.05) is 11.7 Å². The first-order valence-electron chi connectivity index (χ1n) is 6.37. The predicted octanol–water partition coefficient (Wildman–Crippen LogP) is 3.44. The summed E-state index contributed by atoms with van der Waals surface area (Å²) in [4.78, 5) is 11.3. The Bertz CT molecular complexity index is 523. The Balaban J connectivity index is 1.85. The Hall–Kier alpha value is -1.22. The summed E-state index contributed by atoms with van der Waals surface area (Å²) in [6.07, 6.45) is 2.99. The molecule has 2 aliphatic rings. The summed E-state index contributed by atoms with van der Waals surface area (Å²) in [7, 11) is 0. The van der Waals surface area contributed by atoms with E-state index in [2.05, 4.69) is 24.5 Å². The van der Waals surface area contributed by atoms with Gasteiger partial charge >= 0.3 is 0 Å². The third-order valence-electron chi connectivity index (χ3n) is 4.27. The molecule has 1 heterocycles. The molecule has 0 spiro atoms. The van der Waals surface area contributed by atoms with Crippen LogP contribution in [0.1, 0.15) is 32.3 Å². The SMILES string of the molecule is CC(Nc1cc2c(cc1Cl)NC(=O)C2)C1(C)CC1. The maximum Gasteiger partial charge on any atom is 0.228 e. The van der Waals surface area contributed by atoms with Gasteiger partial charge in [0.05, 0.1) is 17.1 Å². The van der Waals surface area contributed by atoms with Crippen molar-refractivity contribution < 1.29 is 4.79 Å². The number of anilines is 2. The van der Waals surface area contributed by atoms with Crippen LogP contribution in [0.2, 0.25) is 5.02 Å².